The molecule has 1 aromatic carbocycles. The maximum atomic E-state index is 13.1. The van der Waals surface area contributed by atoms with E-state index in [1.807, 2.05) is 6.92 Å². The van der Waals surface area contributed by atoms with Crippen molar-refractivity contribution in [2.75, 3.05) is 12.3 Å². The molecule has 1 aromatic rings. The number of benzene rings is 1. The second-order valence-corrected chi connectivity index (χ2v) is 4.67. The Labute approximate surface area is 109 Å². The summed E-state index contributed by atoms with van der Waals surface area (Å²) in [6.07, 6.45) is 1.78. The highest BCUT2D eigenvalue weighted by atomic mass is 19.2. The average molecular weight is 270 g/mol. The summed E-state index contributed by atoms with van der Waals surface area (Å²) in [6, 6.07) is 1.41. The number of hydrogen-bond acceptors (Lipinski definition) is 3. The quantitative estimate of drug-likeness (QED) is 0.824. The van der Waals surface area contributed by atoms with Crippen LogP contribution >= 0.6 is 0 Å². The smallest absolute Gasteiger partial charge is 0.253 e. The van der Waals surface area contributed by atoms with Gasteiger partial charge in [-0.15, -0.1) is 0 Å². The Hall–Kier alpha value is -1.69. The molecular weight excluding hydrogens is 254 g/mol. The standard InChI is InChI=1S/C13H16F2N2O2/c1-7(12-3-2-4-19-12)17-13(18)8-5-9(14)10(15)6-11(8)16/h5-7,12H,2-4,16H2,1H3,(H,17,18). The fraction of sp³-hybridized carbons (Fsp3) is 0.462. The number of halogens is 2. The van der Waals surface area contributed by atoms with Crippen LogP contribution in [0.2, 0.25) is 0 Å². The summed E-state index contributed by atoms with van der Waals surface area (Å²) in [5.74, 6) is -2.69. The average Bonchev–Trinajstić information content (AvgIpc) is 2.87. The minimum atomic E-state index is -1.09. The van der Waals surface area contributed by atoms with Crippen molar-refractivity contribution in [2.24, 2.45) is 0 Å². The highest BCUT2D eigenvalue weighted by Gasteiger charge is 2.25. The van der Waals surface area contributed by atoms with E-state index in [9.17, 15) is 13.6 Å². The second kappa shape index (κ2) is 5.52. The van der Waals surface area contributed by atoms with Crippen molar-refractivity contribution in [3.63, 3.8) is 0 Å². The molecule has 1 amide bonds. The number of nitrogens with two attached hydrogens (primary N) is 1. The van der Waals surface area contributed by atoms with Crippen molar-refractivity contribution in [1.29, 1.82) is 0 Å². The Kier molecular flexibility index (Phi) is 3.99. The molecule has 19 heavy (non-hydrogen) atoms. The third kappa shape index (κ3) is 3.01. The molecule has 6 heteroatoms. The zero-order valence-corrected chi connectivity index (χ0v) is 10.6. The van der Waals surface area contributed by atoms with Crippen LogP contribution in [0.1, 0.15) is 30.1 Å². The summed E-state index contributed by atoms with van der Waals surface area (Å²) in [7, 11) is 0. The van der Waals surface area contributed by atoms with E-state index in [1.54, 1.807) is 0 Å². The second-order valence-electron chi connectivity index (χ2n) is 4.67. The molecule has 0 saturated carbocycles. The lowest BCUT2D eigenvalue weighted by atomic mass is 10.1. The number of nitrogens with one attached hydrogen (secondary N) is 1. The summed E-state index contributed by atoms with van der Waals surface area (Å²) in [5, 5.41) is 2.69. The third-order valence-electron chi connectivity index (χ3n) is 3.22. The number of rotatable bonds is 3. The van der Waals surface area contributed by atoms with E-state index in [0.29, 0.717) is 6.61 Å². The summed E-state index contributed by atoms with van der Waals surface area (Å²) >= 11 is 0. The van der Waals surface area contributed by atoms with Crippen molar-refractivity contribution in [3.8, 4) is 0 Å². The molecule has 4 nitrogen and oxygen atoms in total. The molecule has 2 unspecified atom stereocenters. The lowest BCUT2D eigenvalue weighted by Crippen LogP contribution is -2.41. The van der Waals surface area contributed by atoms with Crippen LogP contribution < -0.4 is 11.1 Å². The Morgan fingerprint density at radius 1 is 1.47 bits per heavy atom. The van der Waals surface area contributed by atoms with Gasteiger partial charge in [-0.25, -0.2) is 8.78 Å². The van der Waals surface area contributed by atoms with Crippen LogP contribution in [0.5, 0.6) is 0 Å². The minimum absolute atomic E-state index is 0.0459. The Bertz CT molecular complexity index is 488. The van der Waals surface area contributed by atoms with Crippen molar-refractivity contribution < 1.29 is 18.3 Å². The fourth-order valence-corrected chi connectivity index (χ4v) is 2.13. The molecule has 0 radical (unpaired) electrons. The van der Waals surface area contributed by atoms with E-state index in [2.05, 4.69) is 5.32 Å². The van der Waals surface area contributed by atoms with Gasteiger partial charge in [-0.3, -0.25) is 4.79 Å². The van der Waals surface area contributed by atoms with Gasteiger partial charge in [0.2, 0.25) is 0 Å². The minimum Gasteiger partial charge on any atom is -0.398 e. The topological polar surface area (TPSA) is 64.4 Å². The van der Waals surface area contributed by atoms with Crippen LogP contribution in [0.4, 0.5) is 14.5 Å². The molecule has 1 fully saturated rings. The van der Waals surface area contributed by atoms with E-state index in [1.165, 1.54) is 0 Å². The number of carbonyl (C=O) groups excluding carboxylic acids is 1. The SMILES string of the molecule is CC(NC(=O)c1cc(F)c(F)cc1N)C1CCCO1. The van der Waals surface area contributed by atoms with Crippen LogP contribution in [-0.2, 0) is 4.74 Å². The molecule has 0 aliphatic carbocycles. The number of nitrogen functional groups attached to an aromatic ring is 1. The number of ether oxygens (including phenoxy) is 1. The number of hydrogen-bond donors (Lipinski definition) is 2. The zero-order valence-electron chi connectivity index (χ0n) is 10.6. The summed E-state index contributed by atoms with van der Waals surface area (Å²) < 4.78 is 31.5. The largest absolute Gasteiger partial charge is 0.398 e. The molecule has 1 aliphatic rings. The Balaban J connectivity index is 2.09. The van der Waals surface area contributed by atoms with Gasteiger partial charge in [-0.1, -0.05) is 0 Å². The van der Waals surface area contributed by atoms with E-state index < -0.39 is 17.5 Å². The first-order chi connectivity index (χ1) is 8.99. The molecule has 1 heterocycles. The van der Waals surface area contributed by atoms with Gasteiger partial charge in [0.1, 0.15) is 0 Å². The molecule has 3 N–H and O–H groups in total. The first-order valence-corrected chi connectivity index (χ1v) is 6.16. The molecular formula is C13H16F2N2O2. The van der Waals surface area contributed by atoms with Crippen molar-refractivity contribution in [2.45, 2.75) is 31.9 Å². The maximum Gasteiger partial charge on any atom is 0.253 e. The molecule has 2 atom stereocenters. The molecule has 1 saturated heterocycles. The zero-order chi connectivity index (χ0) is 14.0. The van der Waals surface area contributed by atoms with Crippen molar-refractivity contribution >= 4 is 11.6 Å². The normalized spacial score (nSPS) is 20.3. The monoisotopic (exact) mass is 270 g/mol. The molecule has 0 bridgehead atoms. The van der Waals surface area contributed by atoms with Gasteiger partial charge in [0.25, 0.3) is 5.91 Å². The third-order valence-corrected chi connectivity index (χ3v) is 3.22. The Morgan fingerprint density at radius 3 is 2.79 bits per heavy atom. The van der Waals surface area contributed by atoms with Crippen LogP contribution in [0.25, 0.3) is 0 Å². The summed E-state index contributed by atoms with van der Waals surface area (Å²) in [6.45, 7) is 2.49. The van der Waals surface area contributed by atoms with Gasteiger partial charge < -0.3 is 15.8 Å². The molecule has 2 rings (SSSR count). The van der Waals surface area contributed by atoms with Gasteiger partial charge in [0.15, 0.2) is 11.6 Å². The van der Waals surface area contributed by atoms with Gasteiger partial charge in [0, 0.05) is 18.4 Å². The number of carbonyl (C=O) groups is 1. The maximum absolute atomic E-state index is 13.1. The van der Waals surface area contributed by atoms with Gasteiger partial charge in [0.05, 0.1) is 17.7 Å². The molecule has 104 valence electrons. The summed E-state index contributed by atoms with van der Waals surface area (Å²) in [5.41, 5.74) is 5.37. The van der Waals surface area contributed by atoms with Gasteiger partial charge in [-0.2, -0.15) is 0 Å². The van der Waals surface area contributed by atoms with E-state index >= 15 is 0 Å². The molecule has 1 aliphatic heterocycles. The van der Waals surface area contributed by atoms with E-state index in [-0.39, 0.29) is 23.4 Å². The number of anilines is 1. The van der Waals surface area contributed by atoms with Gasteiger partial charge in [-0.05, 0) is 25.8 Å². The van der Waals surface area contributed by atoms with Gasteiger partial charge >= 0.3 is 0 Å². The first kappa shape index (κ1) is 13.7. The van der Waals surface area contributed by atoms with Crippen molar-refractivity contribution in [1.82, 2.24) is 5.32 Å². The molecule has 0 spiro atoms. The molecule has 0 aromatic heterocycles. The lowest BCUT2D eigenvalue weighted by molar-refractivity contribution is 0.0712. The number of amides is 1. The highest BCUT2D eigenvalue weighted by Crippen LogP contribution is 2.19. The van der Waals surface area contributed by atoms with Crippen molar-refractivity contribution in [3.05, 3.63) is 29.3 Å². The predicted octanol–water partition coefficient (Wildman–Crippen LogP) is 1.84. The van der Waals surface area contributed by atoms with Crippen LogP contribution in [-0.4, -0.2) is 24.7 Å². The first-order valence-electron chi connectivity index (χ1n) is 6.16. The highest BCUT2D eigenvalue weighted by molar-refractivity contribution is 5.99. The summed E-state index contributed by atoms with van der Waals surface area (Å²) in [4.78, 5) is 12.0. The fourth-order valence-electron chi connectivity index (χ4n) is 2.13. The van der Waals surface area contributed by atoms with E-state index in [4.69, 9.17) is 10.5 Å². The predicted molar refractivity (Wildman–Crippen MR) is 66.7 cm³/mol. The van der Waals surface area contributed by atoms with Crippen LogP contribution in [0.3, 0.4) is 0 Å². The lowest BCUT2D eigenvalue weighted by Gasteiger charge is -2.20. The van der Waals surface area contributed by atoms with E-state index in [0.717, 1.165) is 25.0 Å². The Morgan fingerprint density at radius 2 is 2.16 bits per heavy atom. The van der Waals surface area contributed by atoms with Crippen LogP contribution in [0, 0.1) is 11.6 Å². The van der Waals surface area contributed by atoms with Crippen LogP contribution in [0.15, 0.2) is 12.1 Å².